The molecule has 0 aromatic heterocycles. The van der Waals surface area contributed by atoms with Crippen LogP contribution in [0.4, 0.5) is 0 Å². The molecule has 5 heteroatoms. The molecule has 3 rings (SSSR count). The molecule has 0 aromatic carbocycles. The lowest BCUT2D eigenvalue weighted by Crippen LogP contribution is -2.64. The number of carbonyl (C=O) groups is 2. The van der Waals surface area contributed by atoms with Crippen molar-refractivity contribution in [1.29, 1.82) is 0 Å². The Bertz CT molecular complexity index is 480. The fourth-order valence-corrected chi connectivity index (χ4v) is 5.06. The molecule has 3 fully saturated rings. The largest absolute Gasteiger partial charge is 0.392 e. The molecular weight excluding hydrogens is 306 g/mol. The topological polar surface area (TPSA) is 89.6 Å². The summed E-state index contributed by atoms with van der Waals surface area (Å²) < 4.78 is 5.89. The van der Waals surface area contributed by atoms with E-state index in [1.54, 1.807) is 0 Å². The van der Waals surface area contributed by atoms with Gasteiger partial charge in [0.15, 0.2) is 0 Å². The second-order valence-corrected chi connectivity index (χ2v) is 7.85. The normalized spacial score (nSPS) is 42.5. The molecule has 3 aliphatic carbocycles. The third-order valence-electron chi connectivity index (χ3n) is 6.35. The third kappa shape index (κ3) is 3.18. The second-order valence-electron chi connectivity index (χ2n) is 7.85. The smallest absolute Gasteiger partial charge is 0.143 e. The van der Waals surface area contributed by atoms with Gasteiger partial charge in [-0.1, -0.05) is 32.6 Å². The summed E-state index contributed by atoms with van der Waals surface area (Å²) in [5.41, 5.74) is 6.38. The van der Waals surface area contributed by atoms with Crippen LogP contribution in [-0.4, -0.2) is 41.5 Å². The molecule has 0 aromatic rings. The van der Waals surface area contributed by atoms with Gasteiger partial charge in [-0.25, -0.2) is 0 Å². The fraction of sp³-hybridized carbons (Fsp3) is 0.895. The number of hydrogen-bond donors (Lipinski definition) is 2. The zero-order valence-corrected chi connectivity index (χ0v) is 14.7. The van der Waals surface area contributed by atoms with Crippen LogP contribution in [0.2, 0.25) is 0 Å². The fourth-order valence-electron chi connectivity index (χ4n) is 5.06. The maximum atomic E-state index is 13.0. The van der Waals surface area contributed by atoms with Gasteiger partial charge in [0.25, 0.3) is 0 Å². The number of rotatable bonds is 5. The summed E-state index contributed by atoms with van der Waals surface area (Å²) in [6.45, 7) is 2.73. The highest BCUT2D eigenvalue weighted by molar-refractivity contribution is 6.00. The van der Waals surface area contributed by atoms with Crippen LogP contribution in [0, 0.1) is 23.7 Å². The molecule has 5 nitrogen and oxygen atoms in total. The molecule has 0 bridgehead atoms. The van der Waals surface area contributed by atoms with Gasteiger partial charge in [-0.3, -0.25) is 9.59 Å². The Balaban J connectivity index is 1.74. The molecule has 0 spiro atoms. The monoisotopic (exact) mass is 337 g/mol. The van der Waals surface area contributed by atoms with E-state index in [0.717, 1.165) is 44.9 Å². The predicted molar refractivity (Wildman–Crippen MR) is 90.3 cm³/mol. The molecule has 0 radical (unpaired) electrons. The number of carbonyl (C=O) groups excluding carboxylic acids is 2. The molecule has 24 heavy (non-hydrogen) atoms. The van der Waals surface area contributed by atoms with Gasteiger partial charge in [-0.05, 0) is 19.3 Å². The van der Waals surface area contributed by atoms with Crippen molar-refractivity contribution in [2.45, 2.75) is 76.5 Å². The van der Waals surface area contributed by atoms with E-state index in [4.69, 9.17) is 10.5 Å². The molecular formula is C19H31NO4. The lowest BCUT2D eigenvalue weighted by Gasteiger charge is -2.49. The van der Waals surface area contributed by atoms with Crippen molar-refractivity contribution in [1.82, 2.24) is 0 Å². The first kappa shape index (κ1) is 18.0. The Labute approximate surface area is 144 Å². The Hall–Kier alpha value is -0.780. The van der Waals surface area contributed by atoms with Crippen LogP contribution in [0.15, 0.2) is 0 Å². The standard InChI is InChI=1S/C19H31NO4/c1-2-3-6-9-24-14-10-13(21)15-16(17(14)20)19(23)12-8-5-4-7-11(12)18(15)22/h11-17,21H,2-10,20H2,1H3. The Morgan fingerprint density at radius 1 is 1.08 bits per heavy atom. The summed E-state index contributed by atoms with van der Waals surface area (Å²) in [7, 11) is 0. The first-order valence-corrected chi connectivity index (χ1v) is 9.69. The first-order valence-electron chi connectivity index (χ1n) is 9.69. The molecule has 3 saturated carbocycles. The Kier molecular flexibility index (Phi) is 5.73. The number of aliphatic hydroxyl groups is 1. The van der Waals surface area contributed by atoms with Crippen molar-refractivity contribution >= 4 is 11.6 Å². The van der Waals surface area contributed by atoms with Crippen LogP contribution in [0.5, 0.6) is 0 Å². The van der Waals surface area contributed by atoms with Gasteiger partial charge in [0.2, 0.25) is 0 Å². The summed E-state index contributed by atoms with van der Waals surface area (Å²) in [5.74, 6) is -1.34. The van der Waals surface area contributed by atoms with Crippen molar-refractivity contribution < 1.29 is 19.4 Å². The number of nitrogens with two attached hydrogens (primary N) is 1. The van der Waals surface area contributed by atoms with Gasteiger partial charge in [0, 0.05) is 36.8 Å². The number of ketones is 2. The van der Waals surface area contributed by atoms with Crippen molar-refractivity contribution in [2.75, 3.05) is 6.61 Å². The van der Waals surface area contributed by atoms with E-state index in [-0.39, 0.29) is 29.5 Å². The SMILES string of the molecule is CCCCCOC1CC(O)C2C(=O)C3CCCCC3C(=O)C2C1N. The summed E-state index contributed by atoms with van der Waals surface area (Å²) in [5, 5.41) is 10.6. The molecule has 7 unspecified atom stereocenters. The van der Waals surface area contributed by atoms with Crippen LogP contribution in [0.3, 0.4) is 0 Å². The average molecular weight is 337 g/mol. The molecule has 7 atom stereocenters. The highest BCUT2D eigenvalue weighted by Crippen LogP contribution is 2.46. The first-order chi connectivity index (χ1) is 11.6. The molecule has 0 saturated heterocycles. The second kappa shape index (κ2) is 7.63. The number of ether oxygens (including phenoxy) is 1. The predicted octanol–water partition coefficient (Wildman–Crippen LogP) is 1.84. The van der Waals surface area contributed by atoms with Crippen molar-refractivity contribution in [3.8, 4) is 0 Å². The quantitative estimate of drug-likeness (QED) is 0.747. The number of Topliss-reactive ketones (excluding diaryl/α,β-unsaturated/α-hetero) is 2. The Morgan fingerprint density at radius 3 is 2.33 bits per heavy atom. The zero-order chi connectivity index (χ0) is 17.3. The highest BCUT2D eigenvalue weighted by atomic mass is 16.5. The van der Waals surface area contributed by atoms with E-state index in [1.165, 1.54) is 0 Å². The van der Waals surface area contributed by atoms with Crippen LogP contribution >= 0.6 is 0 Å². The van der Waals surface area contributed by atoms with Gasteiger partial charge < -0.3 is 15.6 Å². The summed E-state index contributed by atoms with van der Waals surface area (Å²) in [4.78, 5) is 25.9. The van der Waals surface area contributed by atoms with Crippen LogP contribution < -0.4 is 5.73 Å². The summed E-state index contributed by atoms with van der Waals surface area (Å²) in [6.07, 6.45) is 6.00. The molecule has 3 N–H and O–H groups in total. The third-order valence-corrected chi connectivity index (χ3v) is 6.35. The minimum atomic E-state index is -0.801. The molecule has 0 aliphatic heterocycles. The van der Waals surface area contributed by atoms with Crippen LogP contribution in [0.25, 0.3) is 0 Å². The molecule has 0 heterocycles. The highest BCUT2D eigenvalue weighted by Gasteiger charge is 2.57. The van der Waals surface area contributed by atoms with Gasteiger partial charge in [0.05, 0.1) is 18.1 Å². The van der Waals surface area contributed by atoms with Crippen LogP contribution in [0.1, 0.15) is 58.3 Å². The van der Waals surface area contributed by atoms with Gasteiger partial charge >= 0.3 is 0 Å². The van der Waals surface area contributed by atoms with Crippen LogP contribution in [-0.2, 0) is 14.3 Å². The Morgan fingerprint density at radius 2 is 1.71 bits per heavy atom. The molecule has 3 aliphatic rings. The van der Waals surface area contributed by atoms with Crippen molar-refractivity contribution in [3.63, 3.8) is 0 Å². The van der Waals surface area contributed by atoms with E-state index in [1.807, 2.05) is 0 Å². The van der Waals surface area contributed by atoms with E-state index in [0.29, 0.717) is 13.0 Å². The minimum absolute atomic E-state index is 0.0803. The maximum absolute atomic E-state index is 13.0. The minimum Gasteiger partial charge on any atom is -0.392 e. The van der Waals surface area contributed by atoms with E-state index in [2.05, 4.69) is 6.92 Å². The van der Waals surface area contributed by atoms with E-state index in [9.17, 15) is 14.7 Å². The zero-order valence-electron chi connectivity index (χ0n) is 14.7. The van der Waals surface area contributed by atoms with Gasteiger partial charge in [-0.15, -0.1) is 0 Å². The maximum Gasteiger partial charge on any atom is 0.143 e. The van der Waals surface area contributed by atoms with Gasteiger partial charge in [0.1, 0.15) is 11.6 Å². The number of fused-ring (bicyclic) bond motifs is 2. The summed E-state index contributed by atoms with van der Waals surface area (Å²) in [6, 6.07) is -0.473. The summed E-state index contributed by atoms with van der Waals surface area (Å²) >= 11 is 0. The molecule has 0 amide bonds. The lowest BCUT2D eigenvalue weighted by atomic mass is 9.56. The average Bonchev–Trinajstić information content (AvgIpc) is 2.59. The number of unbranched alkanes of at least 4 members (excludes halogenated alkanes) is 2. The van der Waals surface area contributed by atoms with Crippen molar-refractivity contribution in [3.05, 3.63) is 0 Å². The van der Waals surface area contributed by atoms with Gasteiger partial charge in [-0.2, -0.15) is 0 Å². The number of aliphatic hydroxyl groups excluding tert-OH is 1. The van der Waals surface area contributed by atoms with E-state index < -0.39 is 24.0 Å². The molecule has 136 valence electrons. The van der Waals surface area contributed by atoms with Crippen molar-refractivity contribution in [2.24, 2.45) is 29.4 Å². The number of hydrogen-bond acceptors (Lipinski definition) is 5. The van der Waals surface area contributed by atoms with E-state index >= 15 is 0 Å². The lowest BCUT2D eigenvalue weighted by molar-refractivity contribution is -0.164.